The van der Waals surface area contributed by atoms with Crippen molar-refractivity contribution in [2.24, 2.45) is 5.41 Å². The number of H-pyrrole nitrogens is 1. The predicted octanol–water partition coefficient (Wildman–Crippen LogP) is 2.14. The first-order valence-corrected chi connectivity index (χ1v) is 9.42. The lowest BCUT2D eigenvalue weighted by Gasteiger charge is -2.25. The molecule has 7 nitrogen and oxygen atoms in total. The van der Waals surface area contributed by atoms with Crippen molar-refractivity contribution in [2.75, 3.05) is 37.6 Å². The van der Waals surface area contributed by atoms with E-state index in [2.05, 4.69) is 29.7 Å². The monoisotopic (exact) mass is 362 g/mol. The van der Waals surface area contributed by atoms with Crippen molar-refractivity contribution in [1.82, 2.24) is 24.8 Å². The van der Waals surface area contributed by atoms with Gasteiger partial charge >= 0.3 is 0 Å². The maximum Gasteiger partial charge on any atom is 0.195 e. The Kier molecular flexibility index (Phi) is 3.89. The fraction of sp³-hybridized carbons (Fsp3) is 0.400. The Morgan fingerprint density at radius 3 is 2.85 bits per heavy atom. The van der Waals surface area contributed by atoms with E-state index in [1.54, 1.807) is 18.6 Å². The van der Waals surface area contributed by atoms with Crippen LogP contribution in [0.5, 0.6) is 0 Å². The number of ketones is 1. The zero-order valence-corrected chi connectivity index (χ0v) is 15.1. The Hall–Kier alpha value is -2.80. The summed E-state index contributed by atoms with van der Waals surface area (Å²) in [6.07, 6.45) is 7.63. The lowest BCUT2D eigenvalue weighted by Crippen LogP contribution is -2.35. The zero-order chi connectivity index (χ0) is 18.3. The summed E-state index contributed by atoms with van der Waals surface area (Å²) in [6, 6.07) is 7.54. The third kappa shape index (κ3) is 3.19. The van der Waals surface area contributed by atoms with E-state index in [1.807, 2.05) is 24.4 Å². The largest absolute Gasteiger partial charge is 0.354 e. The molecule has 3 aromatic rings. The highest BCUT2D eigenvalue weighted by Gasteiger charge is 2.47. The molecule has 4 heterocycles. The van der Waals surface area contributed by atoms with Crippen molar-refractivity contribution in [2.45, 2.75) is 12.8 Å². The standard InChI is InChI=1S/C20H22N6O/c27-17(16-3-1-2-7-21-16)11-25-9-10-26(13-20(12-25)5-6-20)19-15-4-8-22-18(15)23-14-24-19/h1-4,7-8,14H,5-6,9-13H2,(H,22,23,24). The van der Waals surface area contributed by atoms with Crippen LogP contribution in [0.3, 0.4) is 0 Å². The molecule has 1 aliphatic heterocycles. The summed E-state index contributed by atoms with van der Waals surface area (Å²) >= 11 is 0. The molecule has 7 heteroatoms. The van der Waals surface area contributed by atoms with Gasteiger partial charge in [0.1, 0.15) is 23.5 Å². The Bertz CT molecular complexity index is 965. The normalized spacial score (nSPS) is 19.3. The molecule has 27 heavy (non-hydrogen) atoms. The summed E-state index contributed by atoms with van der Waals surface area (Å²) in [5.74, 6) is 1.08. The Labute approximate surface area is 157 Å². The van der Waals surface area contributed by atoms with Crippen LogP contribution in [0.15, 0.2) is 43.0 Å². The topological polar surface area (TPSA) is 78.0 Å². The van der Waals surface area contributed by atoms with Crippen molar-refractivity contribution >= 4 is 22.6 Å². The third-order valence-electron chi connectivity index (χ3n) is 5.68. The first kappa shape index (κ1) is 16.4. The summed E-state index contributed by atoms with van der Waals surface area (Å²) < 4.78 is 0. The highest BCUT2D eigenvalue weighted by molar-refractivity contribution is 5.95. The van der Waals surface area contributed by atoms with Gasteiger partial charge in [-0.2, -0.15) is 0 Å². The number of anilines is 1. The van der Waals surface area contributed by atoms with E-state index in [-0.39, 0.29) is 11.2 Å². The minimum Gasteiger partial charge on any atom is -0.354 e. The van der Waals surface area contributed by atoms with Crippen molar-refractivity contribution in [3.05, 3.63) is 48.7 Å². The molecule has 2 aliphatic rings. The van der Waals surface area contributed by atoms with E-state index in [1.165, 1.54) is 12.8 Å². The number of aromatic amines is 1. The zero-order valence-electron chi connectivity index (χ0n) is 15.1. The van der Waals surface area contributed by atoms with Crippen LogP contribution in [0.2, 0.25) is 0 Å². The van der Waals surface area contributed by atoms with Crippen molar-refractivity contribution in [3.8, 4) is 0 Å². The first-order valence-electron chi connectivity index (χ1n) is 9.42. The second kappa shape index (κ2) is 6.42. The fourth-order valence-corrected chi connectivity index (χ4v) is 4.08. The van der Waals surface area contributed by atoms with E-state index in [0.29, 0.717) is 12.2 Å². The summed E-state index contributed by atoms with van der Waals surface area (Å²) in [5.41, 5.74) is 1.69. The van der Waals surface area contributed by atoms with E-state index < -0.39 is 0 Å². The second-order valence-corrected chi connectivity index (χ2v) is 7.71. The average molecular weight is 362 g/mol. The van der Waals surface area contributed by atoms with Crippen LogP contribution in [0, 0.1) is 5.41 Å². The van der Waals surface area contributed by atoms with Gasteiger partial charge < -0.3 is 9.88 Å². The number of nitrogens with one attached hydrogen (secondary N) is 1. The molecule has 0 aromatic carbocycles. The number of pyridine rings is 1. The number of carbonyl (C=O) groups is 1. The molecule has 1 aliphatic carbocycles. The van der Waals surface area contributed by atoms with Gasteiger partial charge in [0.15, 0.2) is 5.78 Å². The SMILES string of the molecule is O=C(CN1CCN(c2ncnc3[nH]ccc23)CC2(CC2)C1)c1ccccn1. The molecule has 0 atom stereocenters. The molecule has 0 unspecified atom stereocenters. The van der Waals surface area contributed by atoms with Gasteiger partial charge in [0.25, 0.3) is 0 Å². The lowest BCUT2D eigenvalue weighted by atomic mass is 10.1. The van der Waals surface area contributed by atoms with Crippen LogP contribution < -0.4 is 4.90 Å². The minimum absolute atomic E-state index is 0.0925. The number of aromatic nitrogens is 4. The summed E-state index contributed by atoms with van der Waals surface area (Å²) in [5, 5.41) is 1.06. The molecule has 138 valence electrons. The van der Waals surface area contributed by atoms with Gasteiger partial charge in [-0.05, 0) is 31.0 Å². The van der Waals surface area contributed by atoms with Crippen molar-refractivity contribution < 1.29 is 4.79 Å². The highest BCUT2D eigenvalue weighted by atomic mass is 16.1. The van der Waals surface area contributed by atoms with Crippen LogP contribution in [-0.2, 0) is 0 Å². The van der Waals surface area contributed by atoms with E-state index in [9.17, 15) is 4.79 Å². The molecule has 0 radical (unpaired) electrons. The fourth-order valence-electron chi connectivity index (χ4n) is 4.08. The van der Waals surface area contributed by atoms with Crippen LogP contribution in [0.1, 0.15) is 23.3 Å². The third-order valence-corrected chi connectivity index (χ3v) is 5.68. The lowest BCUT2D eigenvalue weighted by molar-refractivity contribution is 0.0919. The molecule has 0 amide bonds. The number of rotatable bonds is 4. The molecular weight excluding hydrogens is 340 g/mol. The molecule has 3 aromatic heterocycles. The van der Waals surface area contributed by atoms with Gasteiger partial charge in [-0.15, -0.1) is 0 Å². The number of hydrogen-bond acceptors (Lipinski definition) is 6. The van der Waals surface area contributed by atoms with E-state index >= 15 is 0 Å². The van der Waals surface area contributed by atoms with Crippen LogP contribution in [0.25, 0.3) is 11.0 Å². The number of Topliss-reactive ketones (excluding diaryl/α,β-unsaturated/α-hetero) is 1. The number of nitrogens with zero attached hydrogens (tertiary/aromatic N) is 5. The summed E-state index contributed by atoms with van der Waals surface area (Å²) in [6.45, 7) is 4.07. The molecular formula is C20H22N6O. The van der Waals surface area contributed by atoms with E-state index in [0.717, 1.165) is 43.0 Å². The molecule has 1 saturated carbocycles. The number of hydrogen-bond donors (Lipinski definition) is 1. The molecule has 1 saturated heterocycles. The minimum atomic E-state index is 0.0925. The maximum absolute atomic E-state index is 12.6. The molecule has 1 N–H and O–H groups in total. The van der Waals surface area contributed by atoms with Crippen LogP contribution >= 0.6 is 0 Å². The predicted molar refractivity (Wildman–Crippen MR) is 103 cm³/mol. The second-order valence-electron chi connectivity index (χ2n) is 7.71. The average Bonchev–Trinajstić information content (AvgIpc) is 3.32. The molecule has 1 spiro atoms. The van der Waals surface area contributed by atoms with Gasteiger partial charge in [-0.3, -0.25) is 14.7 Å². The quantitative estimate of drug-likeness (QED) is 0.717. The summed E-state index contributed by atoms with van der Waals surface area (Å²) in [4.78, 5) is 33.5. The molecule has 0 bridgehead atoms. The van der Waals surface area contributed by atoms with Crippen LogP contribution in [0.4, 0.5) is 5.82 Å². The van der Waals surface area contributed by atoms with Crippen molar-refractivity contribution in [3.63, 3.8) is 0 Å². The van der Waals surface area contributed by atoms with Gasteiger partial charge in [0.05, 0.1) is 11.9 Å². The van der Waals surface area contributed by atoms with Gasteiger partial charge in [-0.1, -0.05) is 6.07 Å². The highest BCUT2D eigenvalue weighted by Crippen LogP contribution is 2.48. The van der Waals surface area contributed by atoms with Gasteiger partial charge in [-0.25, -0.2) is 9.97 Å². The van der Waals surface area contributed by atoms with Gasteiger partial charge in [0.2, 0.25) is 0 Å². The van der Waals surface area contributed by atoms with Crippen LogP contribution in [-0.4, -0.2) is 63.3 Å². The smallest absolute Gasteiger partial charge is 0.195 e. The molecule has 2 fully saturated rings. The molecule has 5 rings (SSSR count). The summed E-state index contributed by atoms with van der Waals surface area (Å²) in [7, 11) is 0. The first-order chi connectivity index (χ1) is 13.2. The Morgan fingerprint density at radius 2 is 2.04 bits per heavy atom. The number of fused-ring (bicyclic) bond motifs is 1. The number of carbonyl (C=O) groups excluding carboxylic acids is 1. The maximum atomic E-state index is 12.6. The Balaban J connectivity index is 1.36. The van der Waals surface area contributed by atoms with Crippen molar-refractivity contribution in [1.29, 1.82) is 0 Å². The van der Waals surface area contributed by atoms with E-state index in [4.69, 9.17) is 0 Å². The van der Waals surface area contributed by atoms with Gasteiger partial charge in [0, 0.05) is 44.0 Å². The Morgan fingerprint density at radius 1 is 1.11 bits per heavy atom.